The highest BCUT2D eigenvalue weighted by Gasteiger charge is 2.04. The second kappa shape index (κ2) is 5.32. The minimum atomic E-state index is 0.406. The number of aliphatic imine (C=N–C) groups is 1. The van der Waals surface area contributed by atoms with E-state index in [1.165, 1.54) is 0 Å². The molecule has 0 saturated carbocycles. The quantitative estimate of drug-likeness (QED) is 0.647. The number of halogens is 2. The van der Waals surface area contributed by atoms with Crippen LogP contribution < -0.4 is 10.7 Å². The summed E-state index contributed by atoms with van der Waals surface area (Å²) in [6.45, 7) is 1.61. The van der Waals surface area contributed by atoms with Gasteiger partial charge in [0.15, 0.2) is 5.17 Å². The van der Waals surface area contributed by atoms with Crippen molar-refractivity contribution in [2.45, 2.75) is 0 Å². The van der Waals surface area contributed by atoms with Crippen LogP contribution in [0.2, 0.25) is 0 Å². The first-order valence-corrected chi connectivity index (χ1v) is 5.96. The summed E-state index contributed by atoms with van der Waals surface area (Å²) in [7, 11) is 0. The molecule has 0 fully saturated rings. The van der Waals surface area contributed by atoms with Gasteiger partial charge in [0.05, 0.1) is 6.54 Å². The van der Waals surface area contributed by atoms with Crippen molar-refractivity contribution in [2.24, 2.45) is 10.1 Å². The Bertz CT molecular complexity index is 427. The zero-order valence-corrected chi connectivity index (χ0v) is 10.7. The molecule has 1 aliphatic rings. The fourth-order valence-electron chi connectivity index (χ4n) is 1.23. The molecule has 2 N–H and O–H groups in total. The molecule has 2 rings (SSSR count). The summed E-state index contributed by atoms with van der Waals surface area (Å²) in [5, 5.41) is 7.47. The van der Waals surface area contributed by atoms with Crippen LogP contribution in [0.4, 0.5) is 0 Å². The van der Waals surface area contributed by atoms with Gasteiger partial charge in [-0.1, -0.05) is 39.7 Å². The van der Waals surface area contributed by atoms with E-state index < -0.39 is 0 Å². The number of nitrogens with one attached hydrogen (secondary N) is 2. The average Bonchev–Trinajstić information content (AvgIpc) is 2.80. The van der Waals surface area contributed by atoms with E-state index in [4.69, 9.17) is 11.6 Å². The number of benzene rings is 1. The van der Waals surface area contributed by atoms with E-state index in [-0.39, 0.29) is 0 Å². The van der Waals surface area contributed by atoms with Gasteiger partial charge in [0.2, 0.25) is 5.96 Å². The van der Waals surface area contributed by atoms with E-state index in [2.05, 4.69) is 36.8 Å². The maximum Gasteiger partial charge on any atom is 0.212 e. The van der Waals surface area contributed by atoms with Crippen molar-refractivity contribution in [3.8, 4) is 0 Å². The van der Waals surface area contributed by atoms with Gasteiger partial charge in [-0.3, -0.25) is 0 Å². The number of hydrazone groups is 1. The standard InChI is InChI=1S/C10H10BrClN4/c11-8-3-1-7(2-4-8)9(12)15-16-10-13-5-6-14-10/h1-4H,5-6H2,(H2,13,14,16). The van der Waals surface area contributed by atoms with Crippen LogP contribution in [0.3, 0.4) is 0 Å². The Morgan fingerprint density at radius 1 is 1.44 bits per heavy atom. The minimum absolute atomic E-state index is 0.406. The van der Waals surface area contributed by atoms with Crippen LogP contribution in [0.25, 0.3) is 0 Å². The third-order valence-electron chi connectivity index (χ3n) is 2.02. The molecule has 0 atom stereocenters. The van der Waals surface area contributed by atoms with Crippen LogP contribution in [0, 0.1) is 0 Å². The summed E-state index contributed by atoms with van der Waals surface area (Å²) in [6.07, 6.45) is 0. The lowest BCUT2D eigenvalue weighted by Crippen LogP contribution is -2.30. The highest BCUT2D eigenvalue weighted by Crippen LogP contribution is 2.12. The topological polar surface area (TPSA) is 48.8 Å². The van der Waals surface area contributed by atoms with Crippen molar-refractivity contribution in [3.63, 3.8) is 0 Å². The zero-order valence-electron chi connectivity index (χ0n) is 8.37. The van der Waals surface area contributed by atoms with Crippen LogP contribution in [0.5, 0.6) is 0 Å². The van der Waals surface area contributed by atoms with Crippen molar-refractivity contribution in [1.29, 1.82) is 0 Å². The Morgan fingerprint density at radius 2 is 2.19 bits per heavy atom. The summed E-state index contributed by atoms with van der Waals surface area (Å²) in [5.74, 6) is 0.662. The Kier molecular flexibility index (Phi) is 3.79. The third-order valence-corrected chi connectivity index (χ3v) is 2.85. The zero-order chi connectivity index (χ0) is 11.4. The molecule has 0 saturated heterocycles. The summed E-state index contributed by atoms with van der Waals surface area (Å²) in [5.41, 5.74) is 3.64. The number of hydrogen-bond acceptors (Lipinski definition) is 4. The Morgan fingerprint density at radius 3 is 2.81 bits per heavy atom. The Labute approximate surface area is 107 Å². The van der Waals surface area contributed by atoms with Crippen molar-refractivity contribution in [2.75, 3.05) is 13.1 Å². The number of guanidine groups is 1. The van der Waals surface area contributed by atoms with E-state index in [9.17, 15) is 0 Å². The second-order valence-corrected chi connectivity index (χ2v) is 4.45. The molecule has 0 radical (unpaired) electrons. The first-order valence-electron chi connectivity index (χ1n) is 4.79. The molecule has 16 heavy (non-hydrogen) atoms. The molecule has 0 aliphatic carbocycles. The molecule has 1 aromatic rings. The molecule has 0 amide bonds. The van der Waals surface area contributed by atoms with E-state index >= 15 is 0 Å². The predicted octanol–water partition coefficient (Wildman–Crippen LogP) is 1.90. The summed E-state index contributed by atoms with van der Waals surface area (Å²) in [6, 6.07) is 7.61. The number of nitrogens with zero attached hydrogens (tertiary/aromatic N) is 2. The van der Waals surface area contributed by atoms with Gasteiger partial charge in [-0.05, 0) is 12.1 Å². The maximum atomic E-state index is 6.03. The van der Waals surface area contributed by atoms with E-state index in [1.807, 2.05) is 24.3 Å². The van der Waals surface area contributed by atoms with Gasteiger partial charge in [-0.2, -0.15) is 5.10 Å². The largest absolute Gasteiger partial charge is 0.353 e. The fourth-order valence-corrected chi connectivity index (χ4v) is 1.66. The molecule has 0 unspecified atom stereocenters. The molecule has 0 aromatic heterocycles. The van der Waals surface area contributed by atoms with Crippen molar-refractivity contribution in [3.05, 3.63) is 34.3 Å². The number of hydrogen-bond donors (Lipinski definition) is 2. The molecule has 84 valence electrons. The van der Waals surface area contributed by atoms with Crippen LogP contribution in [0.1, 0.15) is 5.56 Å². The highest BCUT2D eigenvalue weighted by molar-refractivity contribution is 9.10. The fraction of sp³-hybridized carbons (Fsp3) is 0.200. The molecule has 4 nitrogen and oxygen atoms in total. The Hall–Kier alpha value is -1.07. The monoisotopic (exact) mass is 300 g/mol. The Balaban J connectivity index is 2.03. The molecular weight excluding hydrogens is 291 g/mol. The number of rotatable bonds is 2. The predicted molar refractivity (Wildman–Crippen MR) is 70.0 cm³/mol. The summed E-state index contributed by atoms with van der Waals surface area (Å²) >= 11 is 9.39. The van der Waals surface area contributed by atoms with Crippen molar-refractivity contribution in [1.82, 2.24) is 10.7 Å². The smallest absolute Gasteiger partial charge is 0.212 e. The first kappa shape index (κ1) is 11.4. The molecule has 1 aromatic carbocycles. The minimum Gasteiger partial charge on any atom is -0.353 e. The molecule has 1 aliphatic heterocycles. The normalized spacial score (nSPS) is 15.6. The SMILES string of the molecule is ClC(=NNC1=NCCN1)c1ccc(Br)cc1. The van der Waals surface area contributed by atoms with E-state index in [0.29, 0.717) is 11.1 Å². The van der Waals surface area contributed by atoms with Gasteiger partial charge < -0.3 is 5.32 Å². The van der Waals surface area contributed by atoms with Gasteiger partial charge in [-0.25, -0.2) is 10.4 Å². The highest BCUT2D eigenvalue weighted by atomic mass is 79.9. The molecule has 0 spiro atoms. The van der Waals surface area contributed by atoms with Crippen LogP contribution in [-0.2, 0) is 0 Å². The van der Waals surface area contributed by atoms with Gasteiger partial charge in [-0.15, -0.1) is 0 Å². The van der Waals surface area contributed by atoms with E-state index in [0.717, 1.165) is 23.1 Å². The van der Waals surface area contributed by atoms with Crippen molar-refractivity contribution >= 4 is 38.7 Å². The maximum absolute atomic E-state index is 6.03. The van der Waals surface area contributed by atoms with Crippen LogP contribution in [0.15, 0.2) is 38.8 Å². The van der Waals surface area contributed by atoms with Crippen LogP contribution in [-0.4, -0.2) is 24.2 Å². The first-order chi connectivity index (χ1) is 7.75. The average molecular weight is 302 g/mol. The van der Waals surface area contributed by atoms with Gasteiger partial charge >= 0.3 is 0 Å². The van der Waals surface area contributed by atoms with E-state index in [1.54, 1.807) is 0 Å². The molecular formula is C10H10BrClN4. The summed E-state index contributed by atoms with van der Waals surface area (Å²) in [4.78, 5) is 4.14. The third kappa shape index (κ3) is 2.96. The molecule has 0 bridgehead atoms. The van der Waals surface area contributed by atoms with Crippen LogP contribution >= 0.6 is 27.5 Å². The lowest BCUT2D eigenvalue weighted by atomic mass is 10.2. The van der Waals surface area contributed by atoms with Gasteiger partial charge in [0, 0.05) is 16.6 Å². The van der Waals surface area contributed by atoms with Gasteiger partial charge in [0.1, 0.15) is 0 Å². The lowest BCUT2D eigenvalue weighted by Gasteiger charge is -2.02. The second-order valence-electron chi connectivity index (χ2n) is 3.18. The van der Waals surface area contributed by atoms with Gasteiger partial charge in [0.25, 0.3) is 0 Å². The summed E-state index contributed by atoms with van der Waals surface area (Å²) < 4.78 is 1.01. The molecule has 6 heteroatoms. The van der Waals surface area contributed by atoms with Crippen molar-refractivity contribution < 1.29 is 0 Å². The lowest BCUT2D eigenvalue weighted by molar-refractivity contribution is 0.919. The molecule has 1 heterocycles.